The lowest BCUT2D eigenvalue weighted by molar-refractivity contribution is 0.210. The first-order chi connectivity index (χ1) is 10.2. The van der Waals surface area contributed by atoms with Gasteiger partial charge in [0.1, 0.15) is 11.9 Å². The van der Waals surface area contributed by atoms with Gasteiger partial charge in [0.05, 0.1) is 22.1 Å². The van der Waals surface area contributed by atoms with Crippen LogP contribution in [-0.4, -0.2) is 20.1 Å². The largest absolute Gasteiger partial charge is 0.382 e. The van der Waals surface area contributed by atoms with E-state index < -0.39 is 11.9 Å². The Morgan fingerprint density at radius 1 is 1.10 bits per heavy atom. The summed E-state index contributed by atoms with van der Waals surface area (Å²) in [5.74, 6) is -0.426. The monoisotopic (exact) mass is 347 g/mol. The first kappa shape index (κ1) is 13.9. The highest BCUT2D eigenvalue weighted by Crippen LogP contribution is 2.30. The molecule has 0 bridgehead atoms. The fraction of sp³-hybridized carbons (Fsp3) is 0.0667. The van der Waals surface area contributed by atoms with Crippen molar-refractivity contribution < 1.29 is 9.50 Å². The summed E-state index contributed by atoms with van der Waals surface area (Å²) in [4.78, 5) is 0. The van der Waals surface area contributed by atoms with Gasteiger partial charge in [0.25, 0.3) is 0 Å². The zero-order chi connectivity index (χ0) is 14.8. The normalized spacial score (nSPS) is 12.3. The number of hydrogen-bond donors (Lipinski definition) is 1. The molecule has 1 atom stereocenters. The molecule has 1 heterocycles. The molecule has 3 rings (SSSR count). The predicted molar refractivity (Wildman–Crippen MR) is 79.5 cm³/mol. The molecule has 1 N–H and O–H groups in total. The van der Waals surface area contributed by atoms with Gasteiger partial charge in [-0.05, 0) is 34.1 Å². The van der Waals surface area contributed by atoms with Gasteiger partial charge in [0, 0.05) is 5.56 Å². The average Bonchev–Trinajstić information content (AvgIpc) is 3.00. The molecule has 3 aromatic rings. The molecule has 0 amide bonds. The molecule has 0 aliphatic rings. The second-order valence-electron chi connectivity index (χ2n) is 4.45. The molecule has 0 fully saturated rings. The van der Waals surface area contributed by atoms with E-state index >= 15 is 0 Å². The van der Waals surface area contributed by atoms with E-state index in [1.54, 1.807) is 12.1 Å². The number of rotatable bonds is 3. The van der Waals surface area contributed by atoms with E-state index in [-0.39, 0.29) is 4.47 Å². The molecule has 0 aliphatic heterocycles. The van der Waals surface area contributed by atoms with Crippen molar-refractivity contribution in [1.29, 1.82) is 0 Å². The van der Waals surface area contributed by atoms with Crippen LogP contribution in [0, 0.1) is 5.82 Å². The number of hydrogen-bond acceptors (Lipinski definition) is 3. The number of benzene rings is 2. The van der Waals surface area contributed by atoms with E-state index in [9.17, 15) is 9.50 Å². The molecular weight excluding hydrogens is 337 g/mol. The molecule has 2 aromatic carbocycles. The van der Waals surface area contributed by atoms with Gasteiger partial charge in [-0.3, -0.25) is 0 Å². The lowest BCUT2D eigenvalue weighted by Crippen LogP contribution is -2.09. The van der Waals surface area contributed by atoms with E-state index in [1.165, 1.54) is 16.9 Å². The van der Waals surface area contributed by atoms with Crippen molar-refractivity contribution in [3.63, 3.8) is 0 Å². The molecule has 1 unspecified atom stereocenters. The molecule has 0 saturated heterocycles. The minimum absolute atomic E-state index is 0.235. The van der Waals surface area contributed by atoms with Gasteiger partial charge in [-0.15, -0.1) is 5.10 Å². The fourth-order valence-electron chi connectivity index (χ4n) is 2.09. The molecule has 0 aliphatic carbocycles. The summed E-state index contributed by atoms with van der Waals surface area (Å²) < 4.78 is 15.4. The summed E-state index contributed by atoms with van der Waals surface area (Å²) in [6.45, 7) is 0. The number of aliphatic hydroxyl groups is 1. The summed E-state index contributed by atoms with van der Waals surface area (Å²) in [5, 5.41) is 18.4. The van der Waals surface area contributed by atoms with Gasteiger partial charge in [0.15, 0.2) is 0 Å². The van der Waals surface area contributed by atoms with E-state index in [4.69, 9.17) is 0 Å². The molecule has 0 saturated carbocycles. The standard InChI is InChI=1S/C15H11BrFN3O/c16-14-11(7-4-8-12(14)17)15(21)13-9-18-19-20(13)10-5-2-1-3-6-10/h1-9,15,21H. The smallest absolute Gasteiger partial charge is 0.137 e. The van der Waals surface area contributed by atoms with Crippen molar-refractivity contribution in [2.45, 2.75) is 6.10 Å². The topological polar surface area (TPSA) is 50.9 Å². The lowest BCUT2D eigenvalue weighted by atomic mass is 10.1. The van der Waals surface area contributed by atoms with E-state index in [0.29, 0.717) is 11.3 Å². The van der Waals surface area contributed by atoms with Crippen LogP contribution in [0.4, 0.5) is 4.39 Å². The molecular formula is C15H11BrFN3O. The predicted octanol–water partition coefficient (Wildman–Crippen LogP) is 3.25. The first-order valence-electron chi connectivity index (χ1n) is 6.26. The van der Waals surface area contributed by atoms with Crippen LogP contribution in [0.3, 0.4) is 0 Å². The summed E-state index contributed by atoms with van der Waals surface area (Å²) in [7, 11) is 0. The zero-order valence-corrected chi connectivity index (χ0v) is 12.4. The minimum Gasteiger partial charge on any atom is -0.382 e. The number of halogens is 2. The second kappa shape index (κ2) is 5.75. The number of aromatic nitrogens is 3. The van der Waals surface area contributed by atoms with Crippen LogP contribution in [0.5, 0.6) is 0 Å². The summed E-state index contributed by atoms with van der Waals surface area (Å²) in [6.07, 6.45) is 0.430. The third-order valence-electron chi connectivity index (χ3n) is 3.13. The summed E-state index contributed by atoms with van der Waals surface area (Å²) in [5.41, 5.74) is 1.67. The molecule has 6 heteroatoms. The lowest BCUT2D eigenvalue weighted by Gasteiger charge is -2.14. The minimum atomic E-state index is -1.04. The van der Waals surface area contributed by atoms with Gasteiger partial charge >= 0.3 is 0 Å². The van der Waals surface area contributed by atoms with Crippen molar-refractivity contribution >= 4 is 15.9 Å². The van der Waals surface area contributed by atoms with Gasteiger partial charge in [0.2, 0.25) is 0 Å². The Morgan fingerprint density at radius 3 is 2.62 bits per heavy atom. The van der Waals surface area contributed by atoms with Crippen LogP contribution in [0.2, 0.25) is 0 Å². The Bertz CT molecular complexity index is 761. The van der Waals surface area contributed by atoms with Gasteiger partial charge in [-0.2, -0.15) is 0 Å². The SMILES string of the molecule is OC(c1cccc(F)c1Br)c1cnnn1-c1ccccc1. The van der Waals surface area contributed by atoms with Crippen molar-refractivity contribution in [1.82, 2.24) is 15.0 Å². The van der Waals surface area contributed by atoms with Crippen molar-refractivity contribution in [2.75, 3.05) is 0 Å². The molecule has 4 nitrogen and oxygen atoms in total. The fourth-order valence-corrected chi connectivity index (χ4v) is 2.57. The summed E-state index contributed by atoms with van der Waals surface area (Å²) in [6, 6.07) is 13.9. The highest BCUT2D eigenvalue weighted by Gasteiger charge is 2.20. The van der Waals surface area contributed by atoms with E-state index in [0.717, 1.165) is 5.69 Å². The average molecular weight is 348 g/mol. The quantitative estimate of drug-likeness (QED) is 0.791. The number of aliphatic hydroxyl groups excluding tert-OH is 1. The van der Waals surface area contributed by atoms with Crippen LogP contribution in [0.1, 0.15) is 17.4 Å². The van der Waals surface area contributed by atoms with Crippen molar-refractivity contribution in [3.8, 4) is 5.69 Å². The Hall–Kier alpha value is -2.05. The van der Waals surface area contributed by atoms with Gasteiger partial charge < -0.3 is 5.11 Å². The molecule has 21 heavy (non-hydrogen) atoms. The maximum absolute atomic E-state index is 13.6. The second-order valence-corrected chi connectivity index (χ2v) is 5.24. The van der Waals surface area contributed by atoms with Gasteiger partial charge in [-0.1, -0.05) is 35.5 Å². The summed E-state index contributed by atoms with van der Waals surface area (Å²) >= 11 is 3.16. The van der Waals surface area contributed by atoms with Crippen molar-refractivity contribution in [2.24, 2.45) is 0 Å². The molecule has 1 aromatic heterocycles. The Balaban J connectivity index is 2.06. The maximum Gasteiger partial charge on any atom is 0.137 e. The maximum atomic E-state index is 13.6. The highest BCUT2D eigenvalue weighted by atomic mass is 79.9. The molecule has 0 radical (unpaired) electrons. The van der Waals surface area contributed by atoms with Crippen LogP contribution in [-0.2, 0) is 0 Å². The van der Waals surface area contributed by atoms with Crippen molar-refractivity contribution in [3.05, 3.63) is 76.3 Å². The third kappa shape index (κ3) is 2.59. The molecule has 106 valence electrons. The number of nitrogens with zero attached hydrogens (tertiary/aromatic N) is 3. The van der Waals surface area contributed by atoms with E-state index in [2.05, 4.69) is 26.2 Å². The first-order valence-corrected chi connectivity index (χ1v) is 7.06. The number of para-hydroxylation sites is 1. The highest BCUT2D eigenvalue weighted by molar-refractivity contribution is 9.10. The van der Waals surface area contributed by atoms with Crippen LogP contribution >= 0.6 is 15.9 Å². The Kier molecular flexibility index (Phi) is 3.81. The Labute approximate surface area is 129 Å². The van der Waals surface area contributed by atoms with Crippen LogP contribution < -0.4 is 0 Å². The Morgan fingerprint density at radius 2 is 1.86 bits per heavy atom. The van der Waals surface area contributed by atoms with Gasteiger partial charge in [-0.25, -0.2) is 9.07 Å². The van der Waals surface area contributed by atoms with E-state index in [1.807, 2.05) is 30.3 Å². The van der Waals surface area contributed by atoms with Crippen LogP contribution in [0.25, 0.3) is 5.69 Å². The zero-order valence-electron chi connectivity index (χ0n) is 10.8. The third-order valence-corrected chi connectivity index (χ3v) is 3.97. The van der Waals surface area contributed by atoms with Crippen LogP contribution in [0.15, 0.2) is 59.2 Å². The molecule has 0 spiro atoms.